The van der Waals surface area contributed by atoms with E-state index in [4.69, 9.17) is 5.11 Å². The number of carbonyl (C=O) groups excluding carboxylic acids is 2. The molecule has 0 heterocycles. The molecule has 0 aromatic heterocycles. The molecular weight excluding hydrogens is 176 g/mol. The zero-order chi connectivity index (χ0) is 10.1. The third kappa shape index (κ3) is 7.02. The Morgan fingerprint density at radius 1 is 1.54 bits per heavy atom. The van der Waals surface area contributed by atoms with Crippen LogP contribution in [-0.4, -0.2) is 36.9 Å². The van der Waals surface area contributed by atoms with Crippen LogP contribution in [0.15, 0.2) is 12.2 Å². The monoisotopic (exact) mass is 188 g/mol. The van der Waals surface area contributed by atoms with E-state index in [-0.39, 0.29) is 19.7 Å². The largest absolute Gasteiger partial charge is 0.465 e. The average Bonchev–Trinajstić information content (AvgIpc) is 2.12. The number of aliphatic hydroxyl groups is 1. The predicted octanol–water partition coefficient (Wildman–Crippen LogP) is -0.360. The summed E-state index contributed by atoms with van der Waals surface area (Å²) in [4.78, 5) is 20.4. The first-order valence-electron chi connectivity index (χ1n) is 3.73. The summed E-state index contributed by atoms with van der Waals surface area (Å²) in [5.41, 5.74) is 0. The summed E-state index contributed by atoms with van der Waals surface area (Å²) in [5, 5.41) is 9.01. The van der Waals surface area contributed by atoms with Crippen LogP contribution in [0.25, 0.3) is 0 Å². The fraction of sp³-hybridized carbons (Fsp3) is 0.500. The quantitative estimate of drug-likeness (QED) is 0.350. The van der Waals surface area contributed by atoms with Crippen LogP contribution in [0.3, 0.4) is 0 Å². The minimum atomic E-state index is -0.973. The maximum absolute atomic E-state index is 10.7. The Morgan fingerprint density at radius 2 is 2.23 bits per heavy atom. The van der Waals surface area contributed by atoms with Crippen LogP contribution in [0.5, 0.6) is 0 Å². The molecule has 0 saturated carbocycles. The average molecular weight is 188 g/mol. The van der Waals surface area contributed by atoms with Gasteiger partial charge in [0.1, 0.15) is 19.3 Å². The van der Waals surface area contributed by atoms with Crippen molar-refractivity contribution in [3.05, 3.63) is 12.2 Å². The van der Waals surface area contributed by atoms with Crippen LogP contribution in [0.1, 0.15) is 6.92 Å². The molecule has 13 heavy (non-hydrogen) atoms. The van der Waals surface area contributed by atoms with E-state index in [0.29, 0.717) is 0 Å². The van der Waals surface area contributed by atoms with Crippen molar-refractivity contribution in [3.63, 3.8) is 0 Å². The lowest BCUT2D eigenvalue weighted by atomic mass is 10.4. The Labute approximate surface area is 75.9 Å². The Kier molecular flexibility index (Phi) is 6.53. The molecule has 0 spiro atoms. The maximum atomic E-state index is 10.7. The first-order valence-corrected chi connectivity index (χ1v) is 3.73. The number of rotatable bonds is 6. The molecule has 0 rings (SSSR count). The van der Waals surface area contributed by atoms with Gasteiger partial charge in [-0.05, 0) is 6.92 Å². The molecule has 0 fully saturated rings. The van der Waals surface area contributed by atoms with Gasteiger partial charge in [0.25, 0.3) is 6.47 Å². The molecule has 1 atom stereocenters. The lowest BCUT2D eigenvalue weighted by Crippen LogP contribution is -2.22. The van der Waals surface area contributed by atoms with Crippen LogP contribution < -0.4 is 0 Å². The van der Waals surface area contributed by atoms with Gasteiger partial charge in [-0.1, -0.05) is 6.08 Å². The van der Waals surface area contributed by atoms with Gasteiger partial charge in [-0.15, -0.1) is 0 Å². The molecule has 1 unspecified atom stereocenters. The minimum Gasteiger partial charge on any atom is -0.465 e. The summed E-state index contributed by atoms with van der Waals surface area (Å²) < 4.78 is 8.82. The van der Waals surface area contributed by atoms with Gasteiger partial charge in [0.05, 0.1) is 0 Å². The van der Waals surface area contributed by atoms with Crippen molar-refractivity contribution in [1.82, 2.24) is 0 Å². The van der Waals surface area contributed by atoms with Crippen molar-refractivity contribution in [1.29, 1.82) is 0 Å². The van der Waals surface area contributed by atoms with E-state index in [2.05, 4.69) is 9.47 Å². The van der Waals surface area contributed by atoms with Crippen molar-refractivity contribution in [2.45, 2.75) is 13.0 Å². The molecule has 0 saturated heterocycles. The highest BCUT2D eigenvalue weighted by molar-refractivity contribution is 5.81. The van der Waals surface area contributed by atoms with Gasteiger partial charge in [0.2, 0.25) is 0 Å². The molecule has 0 radical (unpaired) electrons. The Morgan fingerprint density at radius 3 is 2.77 bits per heavy atom. The van der Waals surface area contributed by atoms with Gasteiger partial charge < -0.3 is 14.6 Å². The van der Waals surface area contributed by atoms with Crippen molar-refractivity contribution in [2.75, 3.05) is 13.2 Å². The fourth-order valence-corrected chi connectivity index (χ4v) is 0.561. The van der Waals surface area contributed by atoms with Gasteiger partial charge >= 0.3 is 5.97 Å². The molecule has 0 bridgehead atoms. The van der Waals surface area contributed by atoms with Crippen LogP contribution in [0, 0.1) is 0 Å². The molecule has 74 valence electrons. The lowest BCUT2D eigenvalue weighted by Gasteiger charge is -2.08. The fourth-order valence-electron chi connectivity index (χ4n) is 0.561. The van der Waals surface area contributed by atoms with Crippen molar-refractivity contribution >= 4 is 12.4 Å². The van der Waals surface area contributed by atoms with E-state index in [1.807, 2.05) is 0 Å². The van der Waals surface area contributed by atoms with Gasteiger partial charge in [-0.2, -0.15) is 0 Å². The zero-order valence-corrected chi connectivity index (χ0v) is 7.30. The molecule has 0 aliphatic rings. The van der Waals surface area contributed by atoms with Crippen LogP contribution >= 0.6 is 0 Å². The minimum absolute atomic E-state index is 0.174. The van der Waals surface area contributed by atoms with E-state index < -0.39 is 12.1 Å². The smallest absolute Gasteiger partial charge is 0.330 e. The van der Waals surface area contributed by atoms with E-state index in [1.54, 1.807) is 6.92 Å². The third-order valence-electron chi connectivity index (χ3n) is 1.08. The summed E-state index contributed by atoms with van der Waals surface area (Å²) in [6.07, 6.45) is 1.78. The Hall–Kier alpha value is -1.36. The first kappa shape index (κ1) is 11.6. The Bertz CT molecular complexity index is 187. The summed E-state index contributed by atoms with van der Waals surface area (Å²) in [7, 11) is 0. The first-order chi connectivity index (χ1) is 6.20. The molecule has 0 aliphatic heterocycles. The summed E-state index contributed by atoms with van der Waals surface area (Å²) in [6.45, 7) is 1.54. The topological polar surface area (TPSA) is 72.8 Å². The van der Waals surface area contributed by atoms with E-state index >= 15 is 0 Å². The predicted molar refractivity (Wildman–Crippen MR) is 43.8 cm³/mol. The second kappa shape index (κ2) is 7.30. The molecule has 5 nitrogen and oxygen atoms in total. The number of ether oxygens (including phenoxy) is 2. The van der Waals surface area contributed by atoms with Gasteiger partial charge in [0.15, 0.2) is 0 Å². The number of aliphatic hydroxyl groups excluding tert-OH is 1. The number of hydrogen-bond acceptors (Lipinski definition) is 5. The number of carbonyl (C=O) groups is 2. The van der Waals surface area contributed by atoms with Gasteiger partial charge in [0, 0.05) is 6.08 Å². The summed E-state index contributed by atoms with van der Waals surface area (Å²) in [6, 6.07) is 0. The van der Waals surface area contributed by atoms with Crippen molar-refractivity contribution in [2.24, 2.45) is 0 Å². The second-order valence-corrected chi connectivity index (χ2v) is 2.21. The highest BCUT2D eigenvalue weighted by atomic mass is 16.6. The van der Waals surface area contributed by atoms with Gasteiger partial charge in [-0.25, -0.2) is 4.79 Å². The normalized spacial score (nSPS) is 12.5. The molecular formula is C8H12O5. The van der Waals surface area contributed by atoms with Crippen molar-refractivity contribution < 1.29 is 24.2 Å². The van der Waals surface area contributed by atoms with Crippen LogP contribution in [0.2, 0.25) is 0 Å². The molecule has 5 heteroatoms. The highest BCUT2D eigenvalue weighted by Crippen LogP contribution is 1.88. The SMILES string of the molecule is CC=CC(=O)OCC(O)COC=O. The van der Waals surface area contributed by atoms with Crippen LogP contribution in [-0.2, 0) is 19.1 Å². The van der Waals surface area contributed by atoms with Crippen molar-refractivity contribution in [3.8, 4) is 0 Å². The number of esters is 1. The summed E-state index contributed by atoms with van der Waals surface area (Å²) in [5.74, 6) is -0.535. The van der Waals surface area contributed by atoms with Gasteiger partial charge in [-0.3, -0.25) is 4.79 Å². The molecule has 0 aliphatic carbocycles. The molecule has 1 N–H and O–H groups in total. The highest BCUT2D eigenvalue weighted by Gasteiger charge is 2.06. The second-order valence-electron chi connectivity index (χ2n) is 2.21. The van der Waals surface area contributed by atoms with E-state index in [9.17, 15) is 9.59 Å². The molecule has 0 amide bonds. The van der Waals surface area contributed by atoms with Crippen LogP contribution in [0.4, 0.5) is 0 Å². The molecule has 0 aromatic rings. The lowest BCUT2D eigenvalue weighted by molar-refractivity contribution is -0.143. The van der Waals surface area contributed by atoms with E-state index in [0.717, 1.165) is 0 Å². The standard InChI is InChI=1S/C8H12O5/c1-2-3-8(11)13-5-7(10)4-12-6-9/h2-3,6-7,10H,4-5H2,1H3. The molecule has 0 aromatic carbocycles. The third-order valence-corrected chi connectivity index (χ3v) is 1.08. The number of hydrogen-bond donors (Lipinski definition) is 1. The zero-order valence-electron chi connectivity index (χ0n) is 7.30. The summed E-state index contributed by atoms with van der Waals surface area (Å²) >= 11 is 0. The number of allylic oxidation sites excluding steroid dienone is 1. The maximum Gasteiger partial charge on any atom is 0.330 e. The Balaban J connectivity index is 3.50. The van der Waals surface area contributed by atoms with E-state index in [1.165, 1.54) is 12.2 Å².